The number of anilines is 1. The first-order valence-corrected chi connectivity index (χ1v) is 7.49. The van der Waals surface area contributed by atoms with Crippen molar-refractivity contribution in [2.45, 2.75) is 18.2 Å². The smallest absolute Gasteiger partial charge is 0.243 e. The summed E-state index contributed by atoms with van der Waals surface area (Å²) in [7, 11) is -3.60. The van der Waals surface area contributed by atoms with Crippen LogP contribution in [0.25, 0.3) is 0 Å². The summed E-state index contributed by atoms with van der Waals surface area (Å²) in [5, 5.41) is 2.65. The quantitative estimate of drug-likeness (QED) is 0.752. The summed E-state index contributed by atoms with van der Waals surface area (Å²) in [6.07, 6.45) is 0.181. The Labute approximate surface area is 112 Å². The largest absolute Gasteiger partial charge is 0.398 e. The first-order valence-electron chi connectivity index (χ1n) is 6.05. The van der Waals surface area contributed by atoms with Crippen LogP contribution < -0.4 is 11.1 Å². The van der Waals surface area contributed by atoms with Gasteiger partial charge in [-0.05, 0) is 24.6 Å². The molecule has 6 nitrogen and oxygen atoms in total. The zero-order valence-corrected chi connectivity index (χ0v) is 11.5. The van der Waals surface area contributed by atoms with Crippen LogP contribution in [0.1, 0.15) is 12.0 Å². The van der Waals surface area contributed by atoms with Crippen molar-refractivity contribution >= 4 is 21.6 Å². The molecule has 1 heterocycles. The second kappa shape index (κ2) is 5.18. The number of rotatable bonds is 2. The molecule has 0 saturated carbocycles. The summed E-state index contributed by atoms with van der Waals surface area (Å²) in [6.45, 7) is 2.49. The molecule has 1 aromatic rings. The van der Waals surface area contributed by atoms with Crippen LogP contribution >= 0.6 is 0 Å². The summed E-state index contributed by atoms with van der Waals surface area (Å²) in [5.74, 6) is -0.123. The van der Waals surface area contributed by atoms with Gasteiger partial charge >= 0.3 is 0 Å². The highest BCUT2D eigenvalue weighted by molar-refractivity contribution is 7.89. The molecular weight excluding hydrogens is 266 g/mol. The van der Waals surface area contributed by atoms with E-state index in [4.69, 9.17) is 5.73 Å². The molecule has 0 radical (unpaired) electrons. The van der Waals surface area contributed by atoms with Crippen molar-refractivity contribution in [3.05, 3.63) is 23.8 Å². The monoisotopic (exact) mass is 283 g/mol. The van der Waals surface area contributed by atoms with Crippen LogP contribution in [-0.2, 0) is 14.8 Å². The molecule has 0 atom stereocenters. The molecule has 1 aliphatic rings. The van der Waals surface area contributed by atoms with E-state index < -0.39 is 10.0 Å². The van der Waals surface area contributed by atoms with Crippen molar-refractivity contribution in [1.82, 2.24) is 9.62 Å². The van der Waals surface area contributed by atoms with Crippen molar-refractivity contribution < 1.29 is 13.2 Å². The predicted molar refractivity (Wildman–Crippen MR) is 72.0 cm³/mol. The summed E-state index contributed by atoms with van der Waals surface area (Å²) in [6, 6.07) is 4.83. The van der Waals surface area contributed by atoms with Gasteiger partial charge in [0.05, 0.1) is 4.90 Å². The SMILES string of the molecule is Cc1c(N)cccc1S(=O)(=O)N1CCNC(=O)CC1. The van der Waals surface area contributed by atoms with Crippen LogP contribution in [0.3, 0.4) is 0 Å². The van der Waals surface area contributed by atoms with Gasteiger partial charge in [0.2, 0.25) is 15.9 Å². The van der Waals surface area contributed by atoms with Gasteiger partial charge < -0.3 is 11.1 Å². The number of hydrogen-bond acceptors (Lipinski definition) is 4. The molecule has 0 aromatic heterocycles. The van der Waals surface area contributed by atoms with Crippen LogP contribution in [0.4, 0.5) is 5.69 Å². The van der Waals surface area contributed by atoms with Crippen molar-refractivity contribution in [2.75, 3.05) is 25.4 Å². The van der Waals surface area contributed by atoms with E-state index in [1.807, 2.05) is 0 Å². The average Bonchev–Trinajstić information content (AvgIpc) is 2.57. The molecule has 1 aromatic carbocycles. The van der Waals surface area contributed by atoms with E-state index in [1.54, 1.807) is 25.1 Å². The maximum Gasteiger partial charge on any atom is 0.243 e. The molecule has 1 amide bonds. The highest BCUT2D eigenvalue weighted by Gasteiger charge is 2.28. The summed E-state index contributed by atoms with van der Waals surface area (Å²) in [4.78, 5) is 11.5. The summed E-state index contributed by atoms with van der Waals surface area (Å²) in [5.41, 5.74) is 6.75. The Morgan fingerprint density at radius 3 is 2.79 bits per heavy atom. The molecular formula is C12H17N3O3S. The maximum atomic E-state index is 12.6. The number of sulfonamides is 1. The Morgan fingerprint density at radius 1 is 1.32 bits per heavy atom. The molecule has 0 spiro atoms. The molecule has 0 unspecified atom stereocenters. The zero-order valence-electron chi connectivity index (χ0n) is 10.7. The van der Waals surface area contributed by atoms with Crippen LogP contribution in [0.15, 0.2) is 23.1 Å². The highest BCUT2D eigenvalue weighted by Crippen LogP contribution is 2.24. The molecule has 1 aliphatic heterocycles. The maximum absolute atomic E-state index is 12.6. The fourth-order valence-electron chi connectivity index (χ4n) is 2.04. The van der Waals surface area contributed by atoms with E-state index in [2.05, 4.69) is 5.32 Å². The Kier molecular flexibility index (Phi) is 3.77. The van der Waals surface area contributed by atoms with E-state index in [-0.39, 0.29) is 30.3 Å². The Bertz CT molecular complexity index is 598. The number of benzene rings is 1. The zero-order chi connectivity index (χ0) is 14.0. The van der Waals surface area contributed by atoms with Gasteiger partial charge in [-0.15, -0.1) is 0 Å². The highest BCUT2D eigenvalue weighted by atomic mass is 32.2. The van der Waals surface area contributed by atoms with E-state index in [1.165, 1.54) is 4.31 Å². The number of carbonyl (C=O) groups is 1. The number of nitrogens with zero attached hydrogens (tertiary/aromatic N) is 1. The number of nitrogens with one attached hydrogen (secondary N) is 1. The fraction of sp³-hybridized carbons (Fsp3) is 0.417. The molecule has 0 bridgehead atoms. The van der Waals surface area contributed by atoms with Crippen LogP contribution in [0.5, 0.6) is 0 Å². The van der Waals surface area contributed by atoms with Crippen LogP contribution in [-0.4, -0.2) is 38.3 Å². The van der Waals surface area contributed by atoms with Gasteiger partial charge in [0.25, 0.3) is 0 Å². The summed E-state index contributed by atoms with van der Waals surface area (Å²) < 4.78 is 26.4. The average molecular weight is 283 g/mol. The van der Waals surface area contributed by atoms with E-state index in [0.717, 1.165) is 0 Å². The van der Waals surface area contributed by atoms with Gasteiger partial charge in [-0.2, -0.15) is 4.31 Å². The van der Waals surface area contributed by atoms with E-state index >= 15 is 0 Å². The Hall–Kier alpha value is -1.60. The van der Waals surface area contributed by atoms with Gasteiger partial charge in [0.15, 0.2) is 0 Å². The van der Waals surface area contributed by atoms with Crippen molar-refractivity contribution in [3.8, 4) is 0 Å². The second-order valence-electron chi connectivity index (χ2n) is 4.47. The lowest BCUT2D eigenvalue weighted by molar-refractivity contribution is -0.120. The van der Waals surface area contributed by atoms with Crippen molar-refractivity contribution in [2.24, 2.45) is 0 Å². The topological polar surface area (TPSA) is 92.5 Å². The molecule has 2 rings (SSSR count). The van der Waals surface area contributed by atoms with Gasteiger partial charge in [-0.25, -0.2) is 8.42 Å². The molecule has 3 N–H and O–H groups in total. The molecule has 0 aliphatic carbocycles. The predicted octanol–water partition coefficient (Wildman–Crippen LogP) is 0.0878. The molecule has 7 heteroatoms. The van der Waals surface area contributed by atoms with Gasteiger partial charge in [0, 0.05) is 31.7 Å². The minimum atomic E-state index is -3.60. The lowest BCUT2D eigenvalue weighted by Gasteiger charge is -2.20. The number of amides is 1. The normalized spacial score (nSPS) is 17.8. The molecule has 1 fully saturated rings. The third-order valence-corrected chi connectivity index (χ3v) is 5.26. The third-order valence-electron chi connectivity index (χ3n) is 3.22. The van der Waals surface area contributed by atoms with Gasteiger partial charge in [0.1, 0.15) is 0 Å². The van der Waals surface area contributed by atoms with E-state index in [0.29, 0.717) is 17.8 Å². The lowest BCUT2D eigenvalue weighted by Crippen LogP contribution is -2.34. The first-order chi connectivity index (χ1) is 8.93. The van der Waals surface area contributed by atoms with Crippen LogP contribution in [0.2, 0.25) is 0 Å². The molecule has 1 saturated heterocycles. The third kappa shape index (κ3) is 2.71. The standard InChI is InChI=1S/C12H17N3O3S/c1-9-10(13)3-2-4-11(9)19(17,18)15-7-5-12(16)14-6-8-15/h2-4H,5-8,13H2,1H3,(H,14,16). The van der Waals surface area contributed by atoms with Crippen molar-refractivity contribution in [3.63, 3.8) is 0 Å². The number of hydrogen-bond donors (Lipinski definition) is 2. The van der Waals surface area contributed by atoms with E-state index in [9.17, 15) is 13.2 Å². The van der Waals surface area contributed by atoms with Crippen LogP contribution in [0, 0.1) is 6.92 Å². The fourth-order valence-corrected chi connectivity index (χ4v) is 3.73. The minimum Gasteiger partial charge on any atom is -0.398 e. The molecule has 104 valence electrons. The van der Waals surface area contributed by atoms with Crippen molar-refractivity contribution in [1.29, 1.82) is 0 Å². The Morgan fingerprint density at radius 2 is 2.05 bits per heavy atom. The number of nitrogens with two attached hydrogens (primary N) is 1. The van der Waals surface area contributed by atoms with Gasteiger partial charge in [-0.3, -0.25) is 4.79 Å². The Balaban J connectivity index is 2.36. The molecule has 19 heavy (non-hydrogen) atoms. The number of nitrogen functional groups attached to an aromatic ring is 1. The summed E-state index contributed by atoms with van der Waals surface area (Å²) >= 11 is 0. The number of carbonyl (C=O) groups excluding carboxylic acids is 1. The first kappa shape index (κ1) is 13.8. The van der Waals surface area contributed by atoms with Gasteiger partial charge in [-0.1, -0.05) is 6.07 Å². The second-order valence-corrected chi connectivity index (χ2v) is 6.38. The minimum absolute atomic E-state index is 0.123. The lowest BCUT2D eigenvalue weighted by atomic mass is 10.2.